The molecule has 14 heavy (non-hydrogen) atoms. The van der Waals surface area contributed by atoms with Crippen LogP contribution in [0.3, 0.4) is 0 Å². The van der Waals surface area contributed by atoms with Gasteiger partial charge in [-0.2, -0.15) is 0 Å². The molecule has 0 heterocycles. The van der Waals surface area contributed by atoms with E-state index in [1.54, 1.807) is 0 Å². The molecule has 0 aromatic heterocycles. The molecule has 0 spiro atoms. The molecule has 2 unspecified atom stereocenters. The van der Waals surface area contributed by atoms with Gasteiger partial charge in [0.1, 0.15) is 0 Å². The fraction of sp³-hybridized carbons (Fsp3) is 0.909. The molecule has 0 aliphatic heterocycles. The van der Waals surface area contributed by atoms with Gasteiger partial charge in [-0.15, -0.1) is 0 Å². The van der Waals surface area contributed by atoms with Crippen LogP contribution in [-0.4, -0.2) is 18.6 Å². The zero-order chi connectivity index (χ0) is 10.2. The summed E-state index contributed by atoms with van der Waals surface area (Å²) in [6, 6.07) is -0.00537. The Balaban J connectivity index is 1.87. The van der Waals surface area contributed by atoms with Crippen LogP contribution in [0.4, 0.5) is 0 Å². The van der Waals surface area contributed by atoms with E-state index in [4.69, 9.17) is 10.5 Å². The molecule has 0 saturated heterocycles. The first-order valence-electron chi connectivity index (χ1n) is 5.56. The van der Waals surface area contributed by atoms with Gasteiger partial charge < -0.3 is 10.5 Å². The van der Waals surface area contributed by atoms with E-state index in [1.165, 1.54) is 12.8 Å². The highest BCUT2D eigenvalue weighted by Crippen LogP contribution is 2.38. The second kappa shape index (κ2) is 3.54. The van der Waals surface area contributed by atoms with Gasteiger partial charge in [-0.05, 0) is 38.5 Å². The van der Waals surface area contributed by atoms with Gasteiger partial charge in [0.15, 0.2) is 0 Å². The molecule has 0 bridgehead atoms. The van der Waals surface area contributed by atoms with E-state index in [-0.39, 0.29) is 12.0 Å². The summed E-state index contributed by atoms with van der Waals surface area (Å²) in [7, 11) is 0. The summed E-state index contributed by atoms with van der Waals surface area (Å²) in [5.74, 6) is 0.564. The number of hydrogen-bond acceptors (Lipinski definition) is 3. The highest BCUT2D eigenvalue weighted by molar-refractivity contribution is 5.77. The predicted octanol–water partition coefficient (Wildman–Crippen LogP) is 1.46. The average molecular weight is 197 g/mol. The molecule has 0 aromatic rings. The van der Waals surface area contributed by atoms with E-state index in [0.717, 1.165) is 19.3 Å². The maximum Gasteiger partial charge on any atom is 0.313 e. The van der Waals surface area contributed by atoms with Crippen LogP contribution in [-0.2, 0) is 9.53 Å². The van der Waals surface area contributed by atoms with E-state index in [9.17, 15) is 4.79 Å². The molecule has 2 fully saturated rings. The summed E-state index contributed by atoms with van der Waals surface area (Å²) in [6.45, 7) is 2.56. The fourth-order valence-electron chi connectivity index (χ4n) is 2.09. The summed E-state index contributed by atoms with van der Waals surface area (Å²) >= 11 is 0. The first-order chi connectivity index (χ1) is 6.63. The van der Waals surface area contributed by atoms with Crippen LogP contribution < -0.4 is 5.73 Å². The van der Waals surface area contributed by atoms with Crippen LogP contribution in [0.2, 0.25) is 0 Å². The van der Waals surface area contributed by atoms with Crippen LogP contribution in [0.5, 0.6) is 0 Å². The minimum Gasteiger partial charge on any atom is -0.465 e. The summed E-state index contributed by atoms with van der Waals surface area (Å²) in [6.07, 6.45) is 5.33. The largest absolute Gasteiger partial charge is 0.465 e. The standard InChI is InChI=1S/C11H19NO2/c1-11(6-2-3-9(11)12)10(13)14-7-8-4-5-8/h8-9H,2-7,12H2,1H3. The molecule has 2 saturated carbocycles. The summed E-state index contributed by atoms with van der Waals surface area (Å²) < 4.78 is 5.30. The minimum absolute atomic E-state index is 0.00537. The lowest BCUT2D eigenvalue weighted by atomic mass is 9.85. The lowest BCUT2D eigenvalue weighted by molar-refractivity contribution is -0.155. The molecule has 3 heteroatoms. The first-order valence-corrected chi connectivity index (χ1v) is 5.56. The Labute approximate surface area is 85.0 Å². The van der Waals surface area contributed by atoms with Crippen molar-refractivity contribution in [3.63, 3.8) is 0 Å². The van der Waals surface area contributed by atoms with Gasteiger partial charge >= 0.3 is 5.97 Å². The van der Waals surface area contributed by atoms with Gasteiger partial charge in [0.2, 0.25) is 0 Å². The fourth-order valence-corrected chi connectivity index (χ4v) is 2.09. The lowest BCUT2D eigenvalue weighted by Gasteiger charge is -2.26. The SMILES string of the molecule is CC1(C(=O)OCC2CC2)CCCC1N. The third-order valence-electron chi connectivity index (χ3n) is 3.64. The number of hydrogen-bond donors (Lipinski definition) is 1. The molecule has 0 aromatic carbocycles. The van der Waals surface area contributed by atoms with Crippen molar-refractivity contribution in [1.29, 1.82) is 0 Å². The van der Waals surface area contributed by atoms with Crippen molar-refractivity contribution in [2.75, 3.05) is 6.61 Å². The molecular weight excluding hydrogens is 178 g/mol. The highest BCUT2D eigenvalue weighted by atomic mass is 16.5. The molecule has 2 N–H and O–H groups in total. The predicted molar refractivity (Wildman–Crippen MR) is 53.6 cm³/mol. The molecule has 2 aliphatic carbocycles. The molecule has 3 nitrogen and oxygen atoms in total. The van der Waals surface area contributed by atoms with E-state index in [0.29, 0.717) is 12.5 Å². The van der Waals surface area contributed by atoms with E-state index < -0.39 is 5.41 Å². The molecule has 80 valence electrons. The van der Waals surface area contributed by atoms with Crippen LogP contribution >= 0.6 is 0 Å². The van der Waals surface area contributed by atoms with Gasteiger partial charge in [0.25, 0.3) is 0 Å². The molecule has 2 rings (SSSR count). The zero-order valence-electron chi connectivity index (χ0n) is 8.79. The molecule has 0 radical (unpaired) electrons. The normalized spacial score (nSPS) is 37.1. The smallest absolute Gasteiger partial charge is 0.313 e. The monoisotopic (exact) mass is 197 g/mol. The van der Waals surface area contributed by atoms with E-state index in [1.807, 2.05) is 6.92 Å². The Kier molecular flexibility index (Phi) is 2.52. The Bertz CT molecular complexity index is 237. The molecule has 2 aliphatic rings. The number of carbonyl (C=O) groups is 1. The maximum atomic E-state index is 11.8. The Morgan fingerprint density at radius 3 is 2.71 bits per heavy atom. The molecule has 2 atom stereocenters. The van der Waals surface area contributed by atoms with Crippen LogP contribution in [0.15, 0.2) is 0 Å². The number of rotatable bonds is 3. The topological polar surface area (TPSA) is 52.3 Å². The van der Waals surface area contributed by atoms with Gasteiger partial charge in [-0.25, -0.2) is 0 Å². The lowest BCUT2D eigenvalue weighted by Crippen LogP contribution is -2.42. The van der Waals surface area contributed by atoms with Crippen molar-refractivity contribution < 1.29 is 9.53 Å². The van der Waals surface area contributed by atoms with Gasteiger partial charge in [0, 0.05) is 6.04 Å². The quantitative estimate of drug-likeness (QED) is 0.697. The van der Waals surface area contributed by atoms with E-state index in [2.05, 4.69) is 0 Å². The van der Waals surface area contributed by atoms with Crippen LogP contribution in [0, 0.1) is 11.3 Å². The second-order valence-corrected chi connectivity index (χ2v) is 4.96. The van der Waals surface area contributed by atoms with E-state index >= 15 is 0 Å². The van der Waals surface area contributed by atoms with Crippen molar-refractivity contribution in [2.45, 2.75) is 45.1 Å². The Morgan fingerprint density at radius 2 is 2.21 bits per heavy atom. The third kappa shape index (κ3) is 1.78. The van der Waals surface area contributed by atoms with Crippen molar-refractivity contribution in [3.8, 4) is 0 Å². The average Bonchev–Trinajstić information content (AvgIpc) is 2.91. The van der Waals surface area contributed by atoms with Crippen LogP contribution in [0.25, 0.3) is 0 Å². The number of ether oxygens (including phenoxy) is 1. The second-order valence-electron chi connectivity index (χ2n) is 4.96. The van der Waals surface area contributed by atoms with Gasteiger partial charge in [0.05, 0.1) is 12.0 Å². The number of esters is 1. The maximum absolute atomic E-state index is 11.8. The molecule has 0 amide bonds. The van der Waals surface area contributed by atoms with Crippen molar-refractivity contribution in [1.82, 2.24) is 0 Å². The Morgan fingerprint density at radius 1 is 1.50 bits per heavy atom. The first kappa shape index (κ1) is 9.97. The summed E-state index contributed by atoms with van der Waals surface area (Å²) in [5, 5.41) is 0. The molecular formula is C11H19NO2. The minimum atomic E-state index is -0.408. The van der Waals surface area contributed by atoms with Gasteiger partial charge in [-0.3, -0.25) is 4.79 Å². The number of nitrogens with two attached hydrogens (primary N) is 1. The third-order valence-corrected chi connectivity index (χ3v) is 3.64. The highest BCUT2D eigenvalue weighted by Gasteiger charge is 2.44. The Hall–Kier alpha value is -0.570. The summed E-state index contributed by atoms with van der Waals surface area (Å²) in [5.41, 5.74) is 5.53. The van der Waals surface area contributed by atoms with Crippen molar-refractivity contribution in [3.05, 3.63) is 0 Å². The van der Waals surface area contributed by atoms with Crippen LogP contribution in [0.1, 0.15) is 39.0 Å². The van der Waals surface area contributed by atoms with Gasteiger partial charge in [-0.1, -0.05) is 6.42 Å². The van der Waals surface area contributed by atoms with Crippen molar-refractivity contribution >= 4 is 5.97 Å². The van der Waals surface area contributed by atoms with Crippen molar-refractivity contribution in [2.24, 2.45) is 17.1 Å². The summed E-state index contributed by atoms with van der Waals surface area (Å²) in [4.78, 5) is 11.8. The zero-order valence-corrected chi connectivity index (χ0v) is 8.79. The number of carbonyl (C=O) groups excluding carboxylic acids is 1.